The van der Waals surface area contributed by atoms with E-state index < -0.39 is 0 Å². The Hall–Kier alpha value is -1.22. The van der Waals surface area contributed by atoms with Crippen LogP contribution in [0.2, 0.25) is 15.1 Å². The third-order valence-corrected chi connectivity index (χ3v) is 4.10. The van der Waals surface area contributed by atoms with Crippen LogP contribution in [0, 0.1) is 0 Å². The van der Waals surface area contributed by atoms with E-state index in [0.29, 0.717) is 20.8 Å². The maximum atomic E-state index is 12.1. The van der Waals surface area contributed by atoms with Gasteiger partial charge in [-0.25, -0.2) is 0 Å². The van der Waals surface area contributed by atoms with Gasteiger partial charge in [0.25, 0.3) is 0 Å². The van der Waals surface area contributed by atoms with Gasteiger partial charge < -0.3 is 5.32 Å². The fourth-order valence-electron chi connectivity index (χ4n) is 2.24. The van der Waals surface area contributed by atoms with E-state index in [2.05, 4.69) is 5.32 Å². The van der Waals surface area contributed by atoms with Crippen molar-refractivity contribution in [2.24, 2.45) is 0 Å². The number of rotatable bonds is 1. The fourth-order valence-corrected chi connectivity index (χ4v) is 2.70. The highest BCUT2D eigenvalue weighted by molar-refractivity contribution is 6.42. The second kappa shape index (κ2) is 4.71. The smallest absolute Gasteiger partial charge is 0.236 e. The highest BCUT2D eigenvalue weighted by Crippen LogP contribution is 2.41. The van der Waals surface area contributed by atoms with Gasteiger partial charge in [0.05, 0.1) is 16.0 Å². The number of carbonyl (C=O) groups is 1. The normalized spacial score (nSPS) is 17.2. The van der Waals surface area contributed by atoms with E-state index in [-0.39, 0.29) is 11.8 Å². The van der Waals surface area contributed by atoms with Crippen LogP contribution < -0.4 is 5.32 Å². The minimum atomic E-state index is -0.373. The summed E-state index contributed by atoms with van der Waals surface area (Å²) >= 11 is 17.8. The largest absolute Gasteiger partial charge is 0.325 e. The zero-order valence-corrected chi connectivity index (χ0v) is 11.9. The summed E-state index contributed by atoms with van der Waals surface area (Å²) in [6.07, 6.45) is 0. The molecule has 0 aliphatic carbocycles. The lowest BCUT2D eigenvalue weighted by molar-refractivity contribution is -0.116. The summed E-state index contributed by atoms with van der Waals surface area (Å²) in [6.45, 7) is 0. The van der Waals surface area contributed by atoms with E-state index in [0.717, 1.165) is 11.1 Å². The number of amides is 1. The molecule has 0 spiro atoms. The first-order chi connectivity index (χ1) is 9.06. The summed E-state index contributed by atoms with van der Waals surface area (Å²) in [6, 6.07) is 10.6. The van der Waals surface area contributed by atoms with E-state index in [1.54, 1.807) is 24.3 Å². The maximum Gasteiger partial charge on any atom is 0.236 e. The van der Waals surface area contributed by atoms with Gasteiger partial charge in [-0.1, -0.05) is 46.9 Å². The van der Waals surface area contributed by atoms with Crippen molar-refractivity contribution in [1.82, 2.24) is 0 Å². The molecule has 0 saturated carbocycles. The average Bonchev–Trinajstić information content (AvgIpc) is 2.67. The summed E-state index contributed by atoms with van der Waals surface area (Å²) in [5.74, 6) is -0.460. The summed E-state index contributed by atoms with van der Waals surface area (Å²) < 4.78 is 0. The molecule has 1 amide bonds. The van der Waals surface area contributed by atoms with Crippen LogP contribution in [0.4, 0.5) is 5.69 Å². The number of hydrogen-bond donors (Lipinski definition) is 1. The molecular weight excluding hydrogens is 305 g/mol. The molecule has 1 N–H and O–H groups in total. The van der Waals surface area contributed by atoms with Crippen molar-refractivity contribution in [3.8, 4) is 0 Å². The molecule has 19 heavy (non-hydrogen) atoms. The quantitative estimate of drug-likeness (QED) is 0.810. The van der Waals surface area contributed by atoms with Crippen LogP contribution in [0.5, 0.6) is 0 Å². The van der Waals surface area contributed by atoms with Gasteiger partial charge in [-0.15, -0.1) is 0 Å². The molecule has 1 atom stereocenters. The van der Waals surface area contributed by atoms with E-state index >= 15 is 0 Å². The Morgan fingerprint density at radius 2 is 1.58 bits per heavy atom. The highest BCUT2D eigenvalue weighted by Gasteiger charge is 2.32. The molecule has 3 rings (SSSR count). The predicted molar refractivity (Wildman–Crippen MR) is 78.4 cm³/mol. The monoisotopic (exact) mass is 311 g/mol. The molecule has 1 aliphatic heterocycles. The molecule has 1 heterocycles. The van der Waals surface area contributed by atoms with Gasteiger partial charge in [-0.3, -0.25) is 4.79 Å². The molecule has 0 fully saturated rings. The average molecular weight is 313 g/mol. The van der Waals surface area contributed by atoms with Crippen molar-refractivity contribution < 1.29 is 4.79 Å². The molecule has 5 heteroatoms. The zero-order valence-electron chi connectivity index (χ0n) is 9.58. The lowest BCUT2D eigenvalue weighted by Gasteiger charge is -2.10. The molecule has 1 unspecified atom stereocenters. The van der Waals surface area contributed by atoms with Crippen molar-refractivity contribution in [2.45, 2.75) is 5.92 Å². The number of carbonyl (C=O) groups excluding carboxylic acids is 1. The van der Waals surface area contributed by atoms with E-state index in [4.69, 9.17) is 34.8 Å². The first-order valence-corrected chi connectivity index (χ1v) is 6.75. The third kappa shape index (κ3) is 2.20. The van der Waals surface area contributed by atoms with Gasteiger partial charge in [0.2, 0.25) is 5.91 Å². The lowest BCUT2D eigenvalue weighted by atomic mass is 9.93. The van der Waals surface area contributed by atoms with Gasteiger partial charge in [0.1, 0.15) is 0 Å². The molecule has 2 aromatic rings. The number of hydrogen-bond acceptors (Lipinski definition) is 1. The summed E-state index contributed by atoms with van der Waals surface area (Å²) in [5.41, 5.74) is 2.42. The molecule has 96 valence electrons. The predicted octanol–water partition coefficient (Wildman–Crippen LogP) is 4.73. The lowest BCUT2D eigenvalue weighted by Crippen LogP contribution is -2.12. The van der Waals surface area contributed by atoms with Crippen molar-refractivity contribution in [1.29, 1.82) is 0 Å². The maximum absolute atomic E-state index is 12.1. The standard InChI is InChI=1S/C14H8Cl3NO/c15-8-3-1-7(2-4-8)13-9-5-10(16)11(17)6-12(9)18-14(13)19/h1-6,13H,(H,18,19). The zero-order chi connectivity index (χ0) is 13.6. The number of anilines is 1. The van der Waals surface area contributed by atoms with Crippen LogP contribution in [-0.4, -0.2) is 5.91 Å². The van der Waals surface area contributed by atoms with Gasteiger partial charge in [0.15, 0.2) is 0 Å². The Morgan fingerprint density at radius 3 is 2.26 bits per heavy atom. The molecular formula is C14H8Cl3NO. The van der Waals surface area contributed by atoms with Gasteiger partial charge >= 0.3 is 0 Å². The van der Waals surface area contributed by atoms with Crippen molar-refractivity contribution in [3.05, 3.63) is 62.6 Å². The third-order valence-electron chi connectivity index (χ3n) is 3.13. The second-order valence-electron chi connectivity index (χ2n) is 4.33. The van der Waals surface area contributed by atoms with Crippen LogP contribution in [0.1, 0.15) is 17.0 Å². The SMILES string of the molecule is O=C1Nc2cc(Cl)c(Cl)cc2C1c1ccc(Cl)cc1. The van der Waals surface area contributed by atoms with Crippen LogP contribution in [0.3, 0.4) is 0 Å². The number of fused-ring (bicyclic) bond motifs is 1. The molecule has 0 radical (unpaired) electrons. The van der Waals surface area contributed by atoms with Gasteiger partial charge in [-0.05, 0) is 35.4 Å². The first-order valence-electron chi connectivity index (χ1n) is 5.61. The van der Waals surface area contributed by atoms with E-state index in [1.165, 1.54) is 0 Å². The van der Waals surface area contributed by atoms with Crippen LogP contribution >= 0.6 is 34.8 Å². The molecule has 0 aromatic heterocycles. The Kier molecular flexibility index (Phi) is 3.17. The van der Waals surface area contributed by atoms with Gasteiger partial charge in [0, 0.05) is 10.7 Å². The molecule has 1 aliphatic rings. The summed E-state index contributed by atoms with van der Waals surface area (Å²) in [5, 5.41) is 4.32. The number of halogens is 3. The Bertz CT molecular complexity index is 667. The van der Waals surface area contributed by atoms with Crippen LogP contribution in [0.25, 0.3) is 0 Å². The Labute approximate surface area is 125 Å². The number of nitrogens with one attached hydrogen (secondary N) is 1. The van der Waals surface area contributed by atoms with E-state index in [9.17, 15) is 4.79 Å². The topological polar surface area (TPSA) is 29.1 Å². The minimum absolute atomic E-state index is 0.0874. The van der Waals surface area contributed by atoms with Crippen molar-refractivity contribution in [2.75, 3.05) is 5.32 Å². The Balaban J connectivity index is 2.12. The fraction of sp³-hybridized carbons (Fsp3) is 0.0714. The Morgan fingerprint density at radius 1 is 0.947 bits per heavy atom. The molecule has 2 nitrogen and oxygen atoms in total. The van der Waals surface area contributed by atoms with E-state index in [1.807, 2.05) is 12.1 Å². The van der Waals surface area contributed by atoms with Gasteiger partial charge in [-0.2, -0.15) is 0 Å². The molecule has 0 bridgehead atoms. The molecule has 2 aromatic carbocycles. The van der Waals surface area contributed by atoms with Crippen LogP contribution in [-0.2, 0) is 4.79 Å². The summed E-state index contributed by atoms with van der Waals surface area (Å²) in [4.78, 5) is 12.1. The summed E-state index contributed by atoms with van der Waals surface area (Å²) in [7, 11) is 0. The second-order valence-corrected chi connectivity index (χ2v) is 5.58. The van der Waals surface area contributed by atoms with Crippen molar-refractivity contribution >= 4 is 46.4 Å². The van der Waals surface area contributed by atoms with Crippen molar-refractivity contribution in [3.63, 3.8) is 0 Å². The molecule has 0 saturated heterocycles. The van der Waals surface area contributed by atoms with Crippen LogP contribution in [0.15, 0.2) is 36.4 Å². The first kappa shape index (κ1) is 12.8. The highest BCUT2D eigenvalue weighted by atomic mass is 35.5. The minimum Gasteiger partial charge on any atom is -0.325 e. The number of benzene rings is 2.